The summed E-state index contributed by atoms with van der Waals surface area (Å²) in [4.78, 5) is 21.8. The summed E-state index contributed by atoms with van der Waals surface area (Å²) in [7, 11) is 2.88. The number of rotatable bonds is 2. The summed E-state index contributed by atoms with van der Waals surface area (Å²) in [6, 6.07) is 0. The van der Waals surface area contributed by atoms with E-state index in [1.165, 1.54) is 25.4 Å². The SMILES string of the molecule is CNC(=O)Oc1cscc1OC(=O)NC. The Labute approximate surface area is 90.2 Å². The van der Waals surface area contributed by atoms with Crippen LogP contribution in [0.3, 0.4) is 0 Å². The predicted molar refractivity (Wildman–Crippen MR) is 54.5 cm³/mol. The average Bonchev–Trinajstić information content (AvgIpc) is 2.65. The summed E-state index contributed by atoms with van der Waals surface area (Å²) in [6.45, 7) is 0. The third-order valence-corrected chi connectivity index (χ3v) is 2.11. The zero-order valence-electron chi connectivity index (χ0n) is 8.20. The highest BCUT2D eigenvalue weighted by Gasteiger charge is 2.12. The molecule has 0 spiro atoms. The fraction of sp³-hybridized carbons (Fsp3) is 0.250. The van der Waals surface area contributed by atoms with Crippen LogP contribution in [-0.4, -0.2) is 26.3 Å². The summed E-state index contributed by atoms with van der Waals surface area (Å²) in [5.41, 5.74) is 0. The molecule has 0 aliphatic carbocycles. The van der Waals surface area contributed by atoms with E-state index < -0.39 is 12.2 Å². The van der Waals surface area contributed by atoms with Gasteiger partial charge in [-0.25, -0.2) is 9.59 Å². The minimum absolute atomic E-state index is 0.211. The van der Waals surface area contributed by atoms with Gasteiger partial charge in [-0.1, -0.05) is 0 Å². The second kappa shape index (κ2) is 5.20. The molecule has 6 nitrogen and oxygen atoms in total. The van der Waals surface area contributed by atoms with Crippen molar-refractivity contribution >= 4 is 23.5 Å². The first-order valence-electron chi connectivity index (χ1n) is 4.02. The quantitative estimate of drug-likeness (QED) is 0.800. The van der Waals surface area contributed by atoms with Crippen LogP contribution in [-0.2, 0) is 0 Å². The molecular weight excluding hydrogens is 220 g/mol. The van der Waals surface area contributed by atoms with Gasteiger partial charge < -0.3 is 20.1 Å². The van der Waals surface area contributed by atoms with Gasteiger partial charge in [-0.2, -0.15) is 0 Å². The van der Waals surface area contributed by atoms with Gasteiger partial charge in [0.15, 0.2) is 11.5 Å². The predicted octanol–water partition coefficient (Wildman–Crippen LogP) is 1.18. The maximum atomic E-state index is 10.9. The monoisotopic (exact) mass is 230 g/mol. The van der Waals surface area contributed by atoms with Crippen molar-refractivity contribution in [2.24, 2.45) is 0 Å². The molecule has 0 unspecified atom stereocenters. The van der Waals surface area contributed by atoms with Crippen LogP contribution in [0.15, 0.2) is 10.8 Å². The summed E-state index contributed by atoms with van der Waals surface area (Å²) >= 11 is 1.26. The molecular formula is C8H10N2O4S. The van der Waals surface area contributed by atoms with Crippen molar-refractivity contribution < 1.29 is 19.1 Å². The zero-order chi connectivity index (χ0) is 11.3. The lowest BCUT2D eigenvalue weighted by Crippen LogP contribution is -2.24. The lowest BCUT2D eigenvalue weighted by atomic mass is 10.5. The van der Waals surface area contributed by atoms with Crippen LogP contribution in [0, 0.1) is 0 Å². The van der Waals surface area contributed by atoms with Gasteiger partial charge >= 0.3 is 12.2 Å². The van der Waals surface area contributed by atoms with Crippen molar-refractivity contribution in [3.05, 3.63) is 10.8 Å². The van der Waals surface area contributed by atoms with E-state index in [-0.39, 0.29) is 11.5 Å². The maximum absolute atomic E-state index is 10.9. The minimum atomic E-state index is -0.616. The lowest BCUT2D eigenvalue weighted by Gasteiger charge is -2.04. The number of hydrogen-bond acceptors (Lipinski definition) is 5. The Balaban J connectivity index is 2.69. The van der Waals surface area contributed by atoms with E-state index in [0.717, 1.165) is 0 Å². The number of hydrogen-bond donors (Lipinski definition) is 2. The first-order chi connectivity index (χ1) is 7.17. The molecule has 0 aliphatic heterocycles. The third-order valence-electron chi connectivity index (χ3n) is 1.41. The van der Waals surface area contributed by atoms with E-state index in [4.69, 9.17) is 9.47 Å². The molecule has 0 bridgehead atoms. The number of thiophene rings is 1. The van der Waals surface area contributed by atoms with Gasteiger partial charge in [0.2, 0.25) is 0 Å². The Kier molecular flexibility index (Phi) is 3.92. The topological polar surface area (TPSA) is 76.7 Å². The molecule has 0 saturated carbocycles. The van der Waals surface area contributed by atoms with Gasteiger partial charge in [-0.3, -0.25) is 0 Å². The molecule has 82 valence electrons. The van der Waals surface area contributed by atoms with Gasteiger partial charge in [0, 0.05) is 24.9 Å². The molecule has 7 heteroatoms. The van der Waals surface area contributed by atoms with Crippen LogP contribution in [0.25, 0.3) is 0 Å². The Morgan fingerprint density at radius 3 is 1.80 bits per heavy atom. The van der Waals surface area contributed by atoms with E-state index >= 15 is 0 Å². The highest BCUT2D eigenvalue weighted by Crippen LogP contribution is 2.31. The van der Waals surface area contributed by atoms with E-state index in [1.807, 2.05) is 0 Å². The largest absolute Gasteiger partial charge is 0.412 e. The summed E-state index contributed by atoms with van der Waals surface area (Å²) in [5, 5.41) is 7.70. The van der Waals surface area contributed by atoms with Gasteiger partial charge in [-0.05, 0) is 0 Å². The molecule has 15 heavy (non-hydrogen) atoms. The van der Waals surface area contributed by atoms with E-state index in [9.17, 15) is 9.59 Å². The molecule has 1 aromatic rings. The van der Waals surface area contributed by atoms with Crippen molar-refractivity contribution in [3.8, 4) is 11.5 Å². The standard InChI is InChI=1S/C8H10N2O4S/c1-9-7(11)13-5-3-15-4-6(5)14-8(12)10-2/h3-4H,1-2H3,(H,9,11)(H,10,12). The van der Waals surface area contributed by atoms with Crippen LogP contribution in [0.4, 0.5) is 9.59 Å². The van der Waals surface area contributed by atoms with Crippen molar-refractivity contribution in [1.82, 2.24) is 10.6 Å². The fourth-order valence-electron chi connectivity index (χ4n) is 0.724. The van der Waals surface area contributed by atoms with Gasteiger partial charge in [0.05, 0.1) is 0 Å². The molecule has 0 aliphatic rings. The number of amides is 2. The molecule has 0 radical (unpaired) electrons. The second-order valence-electron chi connectivity index (χ2n) is 2.38. The molecule has 0 saturated heterocycles. The highest BCUT2D eigenvalue weighted by molar-refractivity contribution is 7.08. The molecule has 2 N–H and O–H groups in total. The molecule has 1 rings (SSSR count). The van der Waals surface area contributed by atoms with E-state index in [1.54, 1.807) is 10.8 Å². The molecule has 0 atom stereocenters. The zero-order valence-corrected chi connectivity index (χ0v) is 9.01. The van der Waals surface area contributed by atoms with Gasteiger partial charge in [0.25, 0.3) is 0 Å². The third kappa shape index (κ3) is 3.13. The second-order valence-corrected chi connectivity index (χ2v) is 3.12. The molecule has 1 aromatic heterocycles. The van der Waals surface area contributed by atoms with Crippen molar-refractivity contribution in [2.45, 2.75) is 0 Å². The lowest BCUT2D eigenvalue weighted by molar-refractivity contribution is 0.192. The number of carbonyl (C=O) groups is 2. The molecule has 1 heterocycles. The Hall–Kier alpha value is -1.76. The number of ether oxygens (including phenoxy) is 2. The van der Waals surface area contributed by atoms with Crippen molar-refractivity contribution in [3.63, 3.8) is 0 Å². The highest BCUT2D eigenvalue weighted by atomic mass is 32.1. The normalized spacial score (nSPS) is 9.20. The van der Waals surface area contributed by atoms with Crippen molar-refractivity contribution in [2.75, 3.05) is 14.1 Å². The van der Waals surface area contributed by atoms with Crippen LogP contribution in [0.2, 0.25) is 0 Å². The van der Waals surface area contributed by atoms with Crippen LogP contribution < -0.4 is 20.1 Å². The van der Waals surface area contributed by atoms with E-state index in [0.29, 0.717) is 0 Å². The first-order valence-corrected chi connectivity index (χ1v) is 4.97. The van der Waals surface area contributed by atoms with Gasteiger partial charge in [0.1, 0.15) is 0 Å². The van der Waals surface area contributed by atoms with E-state index in [2.05, 4.69) is 10.6 Å². The first kappa shape index (κ1) is 11.3. The minimum Gasteiger partial charge on any atom is -0.405 e. The summed E-state index contributed by atoms with van der Waals surface area (Å²) < 4.78 is 9.67. The molecule has 0 fully saturated rings. The number of carbonyl (C=O) groups excluding carboxylic acids is 2. The average molecular weight is 230 g/mol. The molecule has 2 amide bonds. The summed E-state index contributed by atoms with van der Waals surface area (Å²) in [5.74, 6) is 0.422. The van der Waals surface area contributed by atoms with Crippen LogP contribution in [0.5, 0.6) is 11.5 Å². The Morgan fingerprint density at radius 1 is 1.07 bits per heavy atom. The summed E-state index contributed by atoms with van der Waals surface area (Å²) in [6.07, 6.45) is -1.23. The Morgan fingerprint density at radius 2 is 1.47 bits per heavy atom. The molecule has 0 aromatic carbocycles. The van der Waals surface area contributed by atoms with Crippen molar-refractivity contribution in [1.29, 1.82) is 0 Å². The van der Waals surface area contributed by atoms with Crippen LogP contribution in [0.1, 0.15) is 0 Å². The maximum Gasteiger partial charge on any atom is 0.412 e. The fourth-order valence-corrected chi connectivity index (χ4v) is 1.37. The Bertz CT molecular complexity index is 331. The van der Waals surface area contributed by atoms with Gasteiger partial charge in [-0.15, -0.1) is 11.3 Å². The number of nitrogens with one attached hydrogen (secondary N) is 2. The van der Waals surface area contributed by atoms with Crippen LogP contribution >= 0.6 is 11.3 Å². The smallest absolute Gasteiger partial charge is 0.405 e.